The summed E-state index contributed by atoms with van der Waals surface area (Å²) in [5.74, 6) is 0.252. The Morgan fingerprint density at radius 1 is 1.32 bits per heavy atom. The topological polar surface area (TPSA) is 86.9 Å². The highest BCUT2D eigenvalue weighted by atomic mass is 16.1. The molecular weight excluding hydrogens is 244 g/mol. The molecule has 98 valence electrons. The Balaban J connectivity index is 2.20. The largest absolute Gasteiger partial charge is 0.299 e. The molecule has 0 saturated heterocycles. The molecule has 2 rings (SSSR count). The molecule has 0 radical (unpaired) electrons. The Morgan fingerprint density at radius 2 is 2.05 bits per heavy atom. The number of nitrogens with one attached hydrogen (secondary N) is 3. The van der Waals surface area contributed by atoms with Gasteiger partial charge in [-0.3, -0.25) is 20.0 Å². The van der Waals surface area contributed by atoms with Crippen molar-refractivity contribution in [3.05, 3.63) is 46.8 Å². The van der Waals surface area contributed by atoms with Crippen LogP contribution in [0.2, 0.25) is 0 Å². The van der Waals surface area contributed by atoms with Gasteiger partial charge in [-0.25, -0.2) is 10.4 Å². The third kappa shape index (κ3) is 3.75. The zero-order chi connectivity index (χ0) is 13.7. The van der Waals surface area contributed by atoms with E-state index in [2.05, 4.69) is 20.8 Å². The monoisotopic (exact) mass is 258 g/mol. The molecule has 0 spiro atoms. The number of H-pyrrole nitrogens is 1. The van der Waals surface area contributed by atoms with E-state index in [9.17, 15) is 9.59 Å². The van der Waals surface area contributed by atoms with E-state index < -0.39 is 0 Å². The van der Waals surface area contributed by atoms with Crippen LogP contribution in [-0.2, 0) is 4.79 Å². The molecule has 0 amide bonds. The third-order valence-electron chi connectivity index (χ3n) is 2.36. The first kappa shape index (κ1) is 13.0. The van der Waals surface area contributed by atoms with Crippen molar-refractivity contribution in [1.82, 2.24) is 15.4 Å². The Bertz CT molecular complexity index is 622. The second-order valence-corrected chi connectivity index (χ2v) is 4.03. The normalized spacial score (nSPS) is 10.2. The highest BCUT2D eigenvalue weighted by Gasteiger charge is 2.03. The first-order valence-corrected chi connectivity index (χ1v) is 5.80. The minimum atomic E-state index is -0.263. The number of hydrogen-bond acceptors (Lipinski definition) is 5. The lowest BCUT2D eigenvalue weighted by Gasteiger charge is -2.07. The SMILES string of the molecule is CC(=O)CNNc1nc(-c2ccccc2)cc(=O)[nH]1. The molecule has 0 bridgehead atoms. The van der Waals surface area contributed by atoms with Crippen LogP contribution in [0.5, 0.6) is 0 Å². The Labute approximate surface area is 109 Å². The van der Waals surface area contributed by atoms with Gasteiger partial charge < -0.3 is 0 Å². The van der Waals surface area contributed by atoms with Crippen molar-refractivity contribution in [2.24, 2.45) is 0 Å². The van der Waals surface area contributed by atoms with Gasteiger partial charge in [0.1, 0.15) is 5.78 Å². The summed E-state index contributed by atoms with van der Waals surface area (Å²) in [7, 11) is 0. The highest BCUT2D eigenvalue weighted by Crippen LogP contribution is 2.14. The van der Waals surface area contributed by atoms with Crippen molar-refractivity contribution in [2.45, 2.75) is 6.92 Å². The van der Waals surface area contributed by atoms with Gasteiger partial charge in [0.15, 0.2) is 0 Å². The van der Waals surface area contributed by atoms with E-state index in [-0.39, 0.29) is 23.8 Å². The maximum atomic E-state index is 11.6. The molecule has 1 aromatic heterocycles. The lowest BCUT2D eigenvalue weighted by Crippen LogP contribution is -2.29. The molecular formula is C13H14N4O2. The van der Waals surface area contributed by atoms with E-state index in [1.165, 1.54) is 13.0 Å². The van der Waals surface area contributed by atoms with Crippen molar-refractivity contribution >= 4 is 11.7 Å². The van der Waals surface area contributed by atoms with Gasteiger partial charge in [0, 0.05) is 11.6 Å². The average Bonchev–Trinajstić information content (AvgIpc) is 2.39. The molecule has 0 aliphatic rings. The van der Waals surface area contributed by atoms with Crippen LogP contribution in [0, 0.1) is 0 Å². The number of aromatic amines is 1. The zero-order valence-corrected chi connectivity index (χ0v) is 10.4. The molecule has 0 unspecified atom stereocenters. The van der Waals surface area contributed by atoms with E-state index in [0.29, 0.717) is 5.69 Å². The first-order valence-electron chi connectivity index (χ1n) is 5.80. The molecule has 0 fully saturated rings. The molecule has 6 heteroatoms. The summed E-state index contributed by atoms with van der Waals surface area (Å²) >= 11 is 0. The van der Waals surface area contributed by atoms with Crippen LogP contribution < -0.4 is 16.4 Å². The minimum Gasteiger partial charge on any atom is -0.299 e. The molecule has 1 heterocycles. The molecule has 0 aliphatic heterocycles. The van der Waals surface area contributed by atoms with Gasteiger partial charge in [-0.05, 0) is 6.92 Å². The maximum absolute atomic E-state index is 11.6. The summed E-state index contributed by atoms with van der Waals surface area (Å²) in [6.07, 6.45) is 0. The standard InChI is InChI=1S/C13H14N4O2/c1-9(18)8-14-17-13-15-11(7-12(19)16-13)10-5-3-2-4-6-10/h2-7,14H,8H2,1H3,(H2,15,16,17,19). The number of Topliss-reactive ketones (excluding diaryl/α,β-unsaturated/α-hetero) is 1. The fraction of sp³-hybridized carbons (Fsp3) is 0.154. The van der Waals surface area contributed by atoms with E-state index in [4.69, 9.17) is 0 Å². The molecule has 3 N–H and O–H groups in total. The van der Waals surface area contributed by atoms with Crippen LogP contribution in [0.15, 0.2) is 41.2 Å². The van der Waals surface area contributed by atoms with Crippen molar-refractivity contribution in [3.8, 4) is 11.3 Å². The predicted molar refractivity (Wildman–Crippen MR) is 72.6 cm³/mol. The fourth-order valence-corrected chi connectivity index (χ4v) is 1.53. The van der Waals surface area contributed by atoms with Crippen LogP contribution in [0.25, 0.3) is 11.3 Å². The van der Waals surface area contributed by atoms with Gasteiger partial charge in [0.05, 0.1) is 12.2 Å². The van der Waals surface area contributed by atoms with E-state index in [1.54, 1.807) is 0 Å². The summed E-state index contributed by atoms with van der Waals surface area (Å²) in [6, 6.07) is 10.8. The molecule has 1 aromatic carbocycles. The molecule has 2 aromatic rings. The zero-order valence-electron chi connectivity index (χ0n) is 10.4. The summed E-state index contributed by atoms with van der Waals surface area (Å²) in [4.78, 5) is 29.1. The minimum absolute atomic E-state index is 0.0194. The number of carbonyl (C=O) groups excluding carboxylic acids is 1. The van der Waals surface area contributed by atoms with Gasteiger partial charge >= 0.3 is 0 Å². The van der Waals surface area contributed by atoms with E-state index in [1.807, 2.05) is 30.3 Å². The van der Waals surface area contributed by atoms with E-state index in [0.717, 1.165) is 5.56 Å². The number of nitrogens with zero attached hydrogens (tertiary/aromatic N) is 1. The quantitative estimate of drug-likeness (QED) is 0.695. The lowest BCUT2D eigenvalue weighted by molar-refractivity contribution is -0.116. The molecule has 0 atom stereocenters. The Hall–Kier alpha value is -2.47. The summed E-state index contributed by atoms with van der Waals surface area (Å²) in [6.45, 7) is 1.62. The van der Waals surface area contributed by atoms with Crippen LogP contribution in [0.3, 0.4) is 0 Å². The smallest absolute Gasteiger partial charge is 0.252 e. The van der Waals surface area contributed by atoms with Crippen LogP contribution >= 0.6 is 0 Å². The summed E-state index contributed by atoms with van der Waals surface area (Å²) in [5.41, 5.74) is 6.52. The van der Waals surface area contributed by atoms with Gasteiger partial charge in [0.2, 0.25) is 5.95 Å². The molecule has 0 aliphatic carbocycles. The molecule has 6 nitrogen and oxygen atoms in total. The Morgan fingerprint density at radius 3 is 2.74 bits per heavy atom. The number of aromatic nitrogens is 2. The van der Waals surface area contributed by atoms with Crippen molar-refractivity contribution in [2.75, 3.05) is 12.0 Å². The second kappa shape index (κ2) is 5.92. The summed E-state index contributed by atoms with van der Waals surface area (Å²) in [5, 5.41) is 0. The van der Waals surface area contributed by atoms with Crippen LogP contribution in [-0.4, -0.2) is 22.3 Å². The summed E-state index contributed by atoms with van der Waals surface area (Å²) < 4.78 is 0. The van der Waals surface area contributed by atoms with Gasteiger partial charge in [-0.15, -0.1) is 0 Å². The number of benzene rings is 1. The molecule has 0 saturated carbocycles. The number of ketones is 1. The van der Waals surface area contributed by atoms with Gasteiger partial charge in [0.25, 0.3) is 5.56 Å². The van der Waals surface area contributed by atoms with Crippen LogP contribution in [0.1, 0.15) is 6.92 Å². The average molecular weight is 258 g/mol. The highest BCUT2D eigenvalue weighted by molar-refractivity contribution is 5.77. The maximum Gasteiger partial charge on any atom is 0.252 e. The van der Waals surface area contributed by atoms with Crippen molar-refractivity contribution < 1.29 is 4.79 Å². The third-order valence-corrected chi connectivity index (χ3v) is 2.36. The van der Waals surface area contributed by atoms with Crippen LogP contribution in [0.4, 0.5) is 5.95 Å². The predicted octanol–water partition coefficient (Wildman–Crippen LogP) is 0.942. The van der Waals surface area contributed by atoms with E-state index >= 15 is 0 Å². The first-order chi connectivity index (χ1) is 9.15. The van der Waals surface area contributed by atoms with Crippen molar-refractivity contribution in [3.63, 3.8) is 0 Å². The lowest BCUT2D eigenvalue weighted by atomic mass is 10.1. The number of carbonyl (C=O) groups is 1. The second-order valence-electron chi connectivity index (χ2n) is 4.03. The van der Waals surface area contributed by atoms with Gasteiger partial charge in [-0.1, -0.05) is 30.3 Å². The Kier molecular flexibility index (Phi) is 4.04. The number of hydrogen-bond donors (Lipinski definition) is 3. The molecule has 19 heavy (non-hydrogen) atoms. The van der Waals surface area contributed by atoms with Crippen molar-refractivity contribution in [1.29, 1.82) is 0 Å². The number of rotatable bonds is 5. The number of anilines is 1. The van der Waals surface area contributed by atoms with Gasteiger partial charge in [-0.2, -0.15) is 0 Å². The number of hydrazine groups is 1. The fourth-order valence-electron chi connectivity index (χ4n) is 1.53.